The maximum absolute atomic E-state index is 11.5. The third-order valence-electron chi connectivity index (χ3n) is 3.19. The van der Waals surface area contributed by atoms with Gasteiger partial charge in [0.1, 0.15) is 0 Å². The number of likely N-dealkylation sites (N-methyl/N-ethyl adjacent to an activating group) is 1. The second-order valence-corrected chi connectivity index (χ2v) is 4.27. The third-order valence-corrected chi connectivity index (χ3v) is 3.19. The maximum Gasteiger partial charge on any atom is 0.295 e. The molecule has 1 aliphatic rings. The molecular weight excluding hydrogens is 220 g/mol. The number of aromatic nitrogens is 2. The molecule has 0 aliphatic carbocycles. The zero-order valence-electron chi connectivity index (χ0n) is 10.2. The summed E-state index contributed by atoms with van der Waals surface area (Å²) in [4.78, 5) is 20.3. The largest absolute Gasteiger partial charge is 0.489 e. The molecule has 1 unspecified atom stereocenters. The molecule has 2 heterocycles. The van der Waals surface area contributed by atoms with Gasteiger partial charge < -0.3 is 19.9 Å². The van der Waals surface area contributed by atoms with Crippen molar-refractivity contribution in [3.05, 3.63) is 16.7 Å². The van der Waals surface area contributed by atoms with Gasteiger partial charge >= 0.3 is 0 Å². The van der Waals surface area contributed by atoms with E-state index < -0.39 is 0 Å². The molecule has 2 rings (SSSR count). The molecule has 0 radical (unpaired) electrons. The Morgan fingerprint density at radius 1 is 1.71 bits per heavy atom. The van der Waals surface area contributed by atoms with Crippen LogP contribution in [0.15, 0.2) is 11.1 Å². The topological polar surface area (TPSA) is 70.2 Å². The molecule has 1 atom stereocenters. The van der Waals surface area contributed by atoms with E-state index in [9.17, 15) is 4.79 Å². The summed E-state index contributed by atoms with van der Waals surface area (Å²) in [5.41, 5.74) is -0.259. The number of nitrogens with zero attached hydrogens (tertiary/aromatic N) is 2. The van der Waals surface area contributed by atoms with Gasteiger partial charge in [0.05, 0.1) is 13.4 Å². The monoisotopic (exact) mass is 238 g/mol. The Balaban J connectivity index is 2.03. The molecule has 1 aliphatic heterocycles. The van der Waals surface area contributed by atoms with Crippen molar-refractivity contribution in [2.45, 2.75) is 18.9 Å². The third kappa shape index (κ3) is 2.58. The van der Waals surface area contributed by atoms with Crippen LogP contribution in [0.4, 0.5) is 5.82 Å². The van der Waals surface area contributed by atoms with Crippen molar-refractivity contribution in [3.8, 4) is 5.75 Å². The number of hydrogen-bond donors (Lipinski definition) is 2. The summed E-state index contributed by atoms with van der Waals surface area (Å²) in [5.74, 6) is 0.754. The Morgan fingerprint density at radius 2 is 2.53 bits per heavy atom. The fourth-order valence-electron chi connectivity index (χ4n) is 2.15. The van der Waals surface area contributed by atoms with E-state index in [2.05, 4.69) is 27.2 Å². The average Bonchev–Trinajstić information content (AvgIpc) is 2.72. The molecule has 6 nitrogen and oxygen atoms in total. The Bertz CT molecular complexity index is 432. The lowest BCUT2D eigenvalue weighted by Crippen LogP contribution is -2.32. The number of nitrogens with one attached hydrogen (secondary N) is 2. The summed E-state index contributed by atoms with van der Waals surface area (Å²) >= 11 is 0. The van der Waals surface area contributed by atoms with Crippen LogP contribution in [-0.2, 0) is 0 Å². The van der Waals surface area contributed by atoms with E-state index in [1.807, 2.05) is 0 Å². The van der Waals surface area contributed by atoms with E-state index >= 15 is 0 Å². The molecule has 6 heteroatoms. The number of H-pyrrole nitrogens is 1. The summed E-state index contributed by atoms with van der Waals surface area (Å²) in [6.45, 7) is 1.91. The van der Waals surface area contributed by atoms with Crippen molar-refractivity contribution >= 4 is 5.82 Å². The van der Waals surface area contributed by atoms with Crippen molar-refractivity contribution in [2.75, 3.05) is 32.6 Å². The van der Waals surface area contributed by atoms with Crippen molar-refractivity contribution in [3.63, 3.8) is 0 Å². The van der Waals surface area contributed by atoms with Gasteiger partial charge in [0, 0.05) is 12.6 Å². The molecule has 17 heavy (non-hydrogen) atoms. The molecule has 1 saturated heterocycles. The zero-order valence-corrected chi connectivity index (χ0v) is 10.2. The van der Waals surface area contributed by atoms with Crippen molar-refractivity contribution < 1.29 is 4.74 Å². The molecular formula is C11H18N4O2. The molecule has 1 aromatic rings. The van der Waals surface area contributed by atoms with Gasteiger partial charge in [0.25, 0.3) is 5.56 Å². The number of hydrogen-bond acceptors (Lipinski definition) is 5. The quantitative estimate of drug-likeness (QED) is 0.788. The highest BCUT2D eigenvalue weighted by Crippen LogP contribution is 2.18. The molecule has 1 fully saturated rings. The Morgan fingerprint density at radius 3 is 3.18 bits per heavy atom. The lowest BCUT2D eigenvalue weighted by atomic mass is 10.2. The number of aromatic amines is 1. The average molecular weight is 238 g/mol. The highest BCUT2D eigenvalue weighted by atomic mass is 16.5. The number of likely N-dealkylation sites (tertiary alicyclic amines) is 1. The summed E-state index contributed by atoms with van der Waals surface area (Å²) in [6.07, 6.45) is 3.78. The first-order valence-electron chi connectivity index (χ1n) is 5.78. The summed E-state index contributed by atoms with van der Waals surface area (Å²) in [5, 5.41) is 3.18. The lowest BCUT2D eigenvalue weighted by Gasteiger charge is -2.20. The second kappa shape index (κ2) is 5.18. The molecule has 0 aromatic carbocycles. The molecule has 0 amide bonds. The zero-order chi connectivity index (χ0) is 12.3. The van der Waals surface area contributed by atoms with Crippen LogP contribution in [-0.4, -0.2) is 48.2 Å². The van der Waals surface area contributed by atoms with Gasteiger partial charge in [-0.15, -0.1) is 0 Å². The Labute approximate surface area is 100 Å². The predicted octanol–water partition coefficient (Wildman–Crippen LogP) is 0.285. The lowest BCUT2D eigenvalue weighted by molar-refractivity contribution is 0.321. The van der Waals surface area contributed by atoms with Crippen LogP contribution < -0.4 is 15.6 Å². The van der Waals surface area contributed by atoms with Gasteiger partial charge in [0.2, 0.25) is 5.75 Å². The minimum absolute atomic E-state index is 0.244. The first kappa shape index (κ1) is 11.9. The molecule has 94 valence electrons. The number of rotatable bonds is 4. The van der Waals surface area contributed by atoms with Gasteiger partial charge in [-0.2, -0.15) is 0 Å². The van der Waals surface area contributed by atoms with E-state index in [1.165, 1.54) is 26.3 Å². The van der Waals surface area contributed by atoms with E-state index in [0.717, 1.165) is 13.1 Å². The van der Waals surface area contributed by atoms with Crippen molar-refractivity contribution in [1.29, 1.82) is 0 Å². The first-order valence-corrected chi connectivity index (χ1v) is 5.78. The van der Waals surface area contributed by atoms with E-state index in [1.54, 1.807) is 0 Å². The fourth-order valence-corrected chi connectivity index (χ4v) is 2.15. The standard InChI is InChI=1S/C11H18N4O2/c1-15-5-3-4-8(15)6-12-10-9(17-2)11(16)14-7-13-10/h7-8H,3-6H2,1-2H3,(H2,12,13,14,16). The summed E-state index contributed by atoms with van der Waals surface area (Å²) < 4.78 is 5.04. The summed E-state index contributed by atoms with van der Waals surface area (Å²) in [7, 11) is 3.58. The minimum Gasteiger partial charge on any atom is -0.489 e. The van der Waals surface area contributed by atoms with Crippen LogP contribution in [0.1, 0.15) is 12.8 Å². The van der Waals surface area contributed by atoms with Crippen molar-refractivity contribution in [2.24, 2.45) is 0 Å². The maximum atomic E-state index is 11.5. The molecule has 0 spiro atoms. The molecule has 1 aromatic heterocycles. The number of methoxy groups -OCH3 is 1. The Hall–Kier alpha value is -1.56. The van der Waals surface area contributed by atoms with Crippen LogP contribution in [0.3, 0.4) is 0 Å². The fraction of sp³-hybridized carbons (Fsp3) is 0.636. The van der Waals surface area contributed by atoms with Crippen LogP contribution in [0.5, 0.6) is 5.75 Å². The highest BCUT2D eigenvalue weighted by Gasteiger charge is 2.21. The molecule has 0 bridgehead atoms. The second-order valence-electron chi connectivity index (χ2n) is 4.27. The predicted molar refractivity (Wildman–Crippen MR) is 65.6 cm³/mol. The smallest absolute Gasteiger partial charge is 0.295 e. The van der Waals surface area contributed by atoms with Crippen molar-refractivity contribution in [1.82, 2.24) is 14.9 Å². The van der Waals surface area contributed by atoms with Gasteiger partial charge in [-0.1, -0.05) is 0 Å². The van der Waals surface area contributed by atoms with Crippen LogP contribution in [0, 0.1) is 0 Å². The van der Waals surface area contributed by atoms with Crippen LogP contribution in [0.2, 0.25) is 0 Å². The van der Waals surface area contributed by atoms with Gasteiger partial charge in [-0.25, -0.2) is 4.98 Å². The molecule has 2 N–H and O–H groups in total. The SMILES string of the molecule is COc1c(NCC2CCCN2C)nc[nH]c1=O. The van der Waals surface area contributed by atoms with E-state index in [0.29, 0.717) is 11.9 Å². The van der Waals surface area contributed by atoms with Crippen LogP contribution >= 0.6 is 0 Å². The number of ether oxygens (including phenoxy) is 1. The number of anilines is 1. The first-order chi connectivity index (χ1) is 8.22. The van der Waals surface area contributed by atoms with E-state index in [4.69, 9.17) is 4.74 Å². The van der Waals surface area contributed by atoms with E-state index in [-0.39, 0.29) is 11.3 Å². The van der Waals surface area contributed by atoms with Gasteiger partial charge in [-0.05, 0) is 26.4 Å². The van der Waals surface area contributed by atoms with Crippen LogP contribution in [0.25, 0.3) is 0 Å². The molecule has 0 saturated carbocycles. The normalized spacial score (nSPS) is 20.5. The van der Waals surface area contributed by atoms with Gasteiger partial charge in [0.15, 0.2) is 5.82 Å². The Kier molecular flexibility index (Phi) is 3.63. The summed E-state index contributed by atoms with van der Waals surface area (Å²) in [6, 6.07) is 0.501. The van der Waals surface area contributed by atoms with Gasteiger partial charge in [-0.3, -0.25) is 4.79 Å². The minimum atomic E-state index is -0.259. The highest BCUT2D eigenvalue weighted by molar-refractivity contribution is 5.47.